The maximum absolute atomic E-state index is 12.9. The van der Waals surface area contributed by atoms with Crippen molar-refractivity contribution in [3.05, 3.63) is 80.9 Å². The fourth-order valence-electron chi connectivity index (χ4n) is 4.10. The van der Waals surface area contributed by atoms with Gasteiger partial charge in [0.2, 0.25) is 0 Å². The molecule has 9 heteroatoms. The second kappa shape index (κ2) is 8.61. The molecule has 0 radical (unpaired) electrons. The number of hydrogen-bond donors (Lipinski definition) is 1. The van der Waals surface area contributed by atoms with E-state index in [1.54, 1.807) is 0 Å². The van der Waals surface area contributed by atoms with Gasteiger partial charge in [0, 0.05) is 11.5 Å². The lowest BCUT2D eigenvalue weighted by molar-refractivity contribution is -0.137. The van der Waals surface area contributed by atoms with Gasteiger partial charge in [0.05, 0.1) is 16.2 Å². The fraction of sp³-hybridized carbons (Fsp3) is 0.320. The zero-order valence-electron chi connectivity index (χ0n) is 19.4. The molecule has 5 nitrogen and oxygen atoms in total. The van der Waals surface area contributed by atoms with Crippen LogP contribution in [-0.4, -0.2) is 19.3 Å². The van der Waals surface area contributed by atoms with E-state index < -0.39 is 38.4 Å². The lowest BCUT2D eigenvalue weighted by atomic mass is 9.90. The maximum atomic E-state index is 12.9. The summed E-state index contributed by atoms with van der Waals surface area (Å²) in [5, 5.41) is 10.7. The van der Waals surface area contributed by atoms with Crippen molar-refractivity contribution in [2.75, 3.05) is 5.75 Å². The molecule has 0 unspecified atom stereocenters. The third-order valence-corrected chi connectivity index (χ3v) is 7.71. The lowest BCUT2D eigenvalue weighted by Crippen LogP contribution is -2.29. The van der Waals surface area contributed by atoms with Crippen molar-refractivity contribution in [3.63, 3.8) is 0 Å². The number of aryl methyl sites for hydroxylation is 3. The van der Waals surface area contributed by atoms with Crippen LogP contribution in [-0.2, 0) is 21.4 Å². The van der Waals surface area contributed by atoms with Gasteiger partial charge in [0.1, 0.15) is 17.1 Å². The van der Waals surface area contributed by atoms with Crippen LogP contribution in [0.15, 0.2) is 56.6 Å². The highest BCUT2D eigenvalue weighted by Gasteiger charge is 2.35. The van der Waals surface area contributed by atoms with Crippen molar-refractivity contribution in [2.45, 2.75) is 51.1 Å². The lowest BCUT2D eigenvalue weighted by Gasteiger charge is -2.24. The minimum absolute atomic E-state index is 0.0138. The molecule has 2 aromatic carbocycles. The standard InChI is InChI=1S/C25H25F3O5S/c1-14-10-15(2)21(16(3)11-14)22-19(29)12-20(33-23(22)30)24(4,5)13-34(31,32)18-8-6-17(7-9-18)25(26,27)28/h6-12,29H,13H2,1-5H3. The first-order valence-corrected chi connectivity index (χ1v) is 12.0. The van der Waals surface area contributed by atoms with Gasteiger partial charge in [-0.25, -0.2) is 13.2 Å². The van der Waals surface area contributed by atoms with Crippen molar-refractivity contribution < 1.29 is 31.1 Å². The first-order valence-electron chi connectivity index (χ1n) is 10.4. The van der Waals surface area contributed by atoms with E-state index in [1.165, 1.54) is 19.9 Å². The molecule has 0 aliphatic rings. The minimum Gasteiger partial charge on any atom is -0.507 e. The Labute approximate surface area is 195 Å². The zero-order chi connectivity index (χ0) is 25.6. The number of aromatic hydroxyl groups is 1. The highest BCUT2D eigenvalue weighted by molar-refractivity contribution is 7.91. The van der Waals surface area contributed by atoms with Crippen molar-refractivity contribution >= 4 is 9.84 Å². The molecule has 182 valence electrons. The Morgan fingerprint density at radius 1 is 0.912 bits per heavy atom. The molecule has 0 spiro atoms. The molecule has 0 aliphatic heterocycles. The van der Waals surface area contributed by atoms with E-state index in [4.69, 9.17) is 4.42 Å². The molecular weight excluding hydrogens is 469 g/mol. The van der Waals surface area contributed by atoms with Crippen LogP contribution >= 0.6 is 0 Å². The Balaban J connectivity index is 1.99. The Hall–Kier alpha value is -3.07. The summed E-state index contributed by atoms with van der Waals surface area (Å²) in [6, 6.07) is 8.16. The van der Waals surface area contributed by atoms with Crippen LogP contribution < -0.4 is 5.63 Å². The second-order valence-corrected chi connectivity index (χ2v) is 11.1. The molecular formula is C25H25F3O5S. The van der Waals surface area contributed by atoms with E-state index in [1.807, 2.05) is 32.9 Å². The summed E-state index contributed by atoms with van der Waals surface area (Å²) >= 11 is 0. The highest BCUT2D eigenvalue weighted by Crippen LogP contribution is 2.36. The van der Waals surface area contributed by atoms with Crippen LogP contribution in [0.4, 0.5) is 13.2 Å². The number of hydrogen-bond acceptors (Lipinski definition) is 5. The first kappa shape index (κ1) is 25.6. The zero-order valence-corrected chi connectivity index (χ0v) is 20.2. The number of sulfone groups is 1. The smallest absolute Gasteiger partial charge is 0.416 e. The predicted molar refractivity (Wildman–Crippen MR) is 123 cm³/mol. The normalized spacial score (nSPS) is 12.7. The molecule has 1 aromatic heterocycles. The van der Waals surface area contributed by atoms with Crippen LogP contribution in [0.3, 0.4) is 0 Å². The molecule has 34 heavy (non-hydrogen) atoms. The number of rotatable bonds is 5. The largest absolute Gasteiger partial charge is 0.507 e. The summed E-state index contributed by atoms with van der Waals surface area (Å²) < 4.78 is 69.6. The average molecular weight is 495 g/mol. The summed E-state index contributed by atoms with van der Waals surface area (Å²) in [7, 11) is -4.05. The summed E-state index contributed by atoms with van der Waals surface area (Å²) in [4.78, 5) is 12.6. The third kappa shape index (κ3) is 5.04. The van der Waals surface area contributed by atoms with Gasteiger partial charge in [-0.3, -0.25) is 0 Å². The minimum atomic E-state index is -4.58. The van der Waals surface area contributed by atoms with Crippen molar-refractivity contribution in [2.24, 2.45) is 0 Å². The summed E-state index contributed by atoms with van der Waals surface area (Å²) in [6.45, 7) is 8.54. The summed E-state index contributed by atoms with van der Waals surface area (Å²) in [5.74, 6) is -0.965. The maximum Gasteiger partial charge on any atom is 0.416 e. The Morgan fingerprint density at radius 3 is 1.91 bits per heavy atom. The van der Waals surface area contributed by atoms with Gasteiger partial charge >= 0.3 is 11.8 Å². The van der Waals surface area contributed by atoms with Gasteiger partial charge in [-0.1, -0.05) is 31.5 Å². The predicted octanol–water partition coefficient (Wildman–Crippen LogP) is 5.71. The van der Waals surface area contributed by atoms with Gasteiger partial charge in [-0.05, 0) is 61.7 Å². The van der Waals surface area contributed by atoms with E-state index >= 15 is 0 Å². The third-order valence-electron chi connectivity index (χ3n) is 5.62. The molecule has 3 rings (SSSR count). The molecule has 0 amide bonds. The monoisotopic (exact) mass is 494 g/mol. The average Bonchev–Trinajstić information content (AvgIpc) is 2.67. The van der Waals surface area contributed by atoms with E-state index in [0.717, 1.165) is 28.8 Å². The topological polar surface area (TPSA) is 84.6 Å². The molecule has 1 heterocycles. The van der Waals surface area contributed by atoms with Crippen LogP contribution in [0.2, 0.25) is 0 Å². The molecule has 0 aliphatic carbocycles. The van der Waals surface area contributed by atoms with Crippen LogP contribution in [0.5, 0.6) is 5.75 Å². The Bertz CT molecular complexity index is 1380. The molecule has 0 bridgehead atoms. The van der Waals surface area contributed by atoms with Crippen molar-refractivity contribution in [1.29, 1.82) is 0 Å². The molecule has 0 fully saturated rings. The number of benzene rings is 2. The van der Waals surface area contributed by atoms with E-state index in [-0.39, 0.29) is 22.0 Å². The molecule has 1 N–H and O–H groups in total. The van der Waals surface area contributed by atoms with Crippen LogP contribution in [0, 0.1) is 20.8 Å². The summed E-state index contributed by atoms with van der Waals surface area (Å²) in [6.07, 6.45) is -4.58. The van der Waals surface area contributed by atoms with Crippen molar-refractivity contribution in [1.82, 2.24) is 0 Å². The molecule has 0 saturated carbocycles. The quantitative estimate of drug-likeness (QED) is 0.491. The molecule has 0 atom stereocenters. The SMILES string of the molecule is Cc1cc(C)c(-c2c(O)cc(C(C)(C)CS(=O)(=O)c3ccc(C(F)(F)F)cc3)oc2=O)c(C)c1. The second-order valence-electron chi connectivity index (χ2n) is 9.10. The first-order chi connectivity index (χ1) is 15.5. The van der Waals surface area contributed by atoms with Gasteiger partial charge < -0.3 is 9.52 Å². The number of halogens is 3. The fourth-order valence-corrected chi connectivity index (χ4v) is 5.91. The van der Waals surface area contributed by atoms with Gasteiger partial charge in [-0.2, -0.15) is 13.2 Å². The van der Waals surface area contributed by atoms with Gasteiger partial charge in [-0.15, -0.1) is 0 Å². The van der Waals surface area contributed by atoms with E-state index in [9.17, 15) is 31.5 Å². The van der Waals surface area contributed by atoms with Crippen molar-refractivity contribution in [3.8, 4) is 16.9 Å². The van der Waals surface area contributed by atoms with E-state index in [2.05, 4.69) is 0 Å². The summed E-state index contributed by atoms with van der Waals surface area (Å²) in [5.41, 5.74) is 0.0270. The van der Waals surface area contributed by atoms with Gasteiger partial charge in [0.25, 0.3) is 0 Å². The van der Waals surface area contributed by atoms with E-state index in [0.29, 0.717) is 17.7 Å². The Morgan fingerprint density at radius 2 is 1.44 bits per heavy atom. The molecule has 3 aromatic rings. The number of alkyl halides is 3. The van der Waals surface area contributed by atoms with Crippen LogP contribution in [0.25, 0.3) is 11.1 Å². The van der Waals surface area contributed by atoms with Crippen LogP contribution in [0.1, 0.15) is 41.9 Å². The highest BCUT2D eigenvalue weighted by atomic mass is 32.2. The van der Waals surface area contributed by atoms with Gasteiger partial charge in [0.15, 0.2) is 9.84 Å². The molecule has 0 saturated heterocycles. The Kier molecular flexibility index (Phi) is 6.47.